The molecular weight excluding hydrogens is 264 g/mol. The van der Waals surface area contributed by atoms with Crippen LogP contribution < -0.4 is 10.0 Å². The minimum atomic E-state index is -3.12. The van der Waals surface area contributed by atoms with Gasteiger partial charge in [-0.3, -0.25) is 0 Å². The standard InChI is InChI=1S/C13H28N2O3S/c1-2-3-9-18-10-5-8-15-19(16,17)12-13-6-4-7-14-11-13/h13-15H,2-12H2,1H3. The molecule has 0 spiro atoms. The van der Waals surface area contributed by atoms with E-state index in [1.807, 2.05) is 0 Å². The molecule has 6 heteroatoms. The molecule has 1 atom stereocenters. The predicted octanol–water partition coefficient (Wildman–Crippen LogP) is 1.11. The number of hydrogen-bond acceptors (Lipinski definition) is 4. The van der Waals surface area contributed by atoms with Crippen LogP contribution >= 0.6 is 0 Å². The van der Waals surface area contributed by atoms with Gasteiger partial charge in [-0.25, -0.2) is 13.1 Å². The summed E-state index contributed by atoms with van der Waals surface area (Å²) in [5, 5.41) is 3.24. The first-order valence-corrected chi connectivity index (χ1v) is 9.05. The summed E-state index contributed by atoms with van der Waals surface area (Å²) in [7, 11) is -3.12. The van der Waals surface area contributed by atoms with Crippen molar-refractivity contribution in [1.82, 2.24) is 10.0 Å². The molecule has 1 saturated heterocycles. The van der Waals surface area contributed by atoms with E-state index < -0.39 is 10.0 Å². The second kappa shape index (κ2) is 9.69. The Hall–Kier alpha value is -0.170. The van der Waals surface area contributed by atoms with Crippen molar-refractivity contribution in [2.75, 3.05) is 38.6 Å². The van der Waals surface area contributed by atoms with Gasteiger partial charge in [-0.15, -0.1) is 0 Å². The minimum Gasteiger partial charge on any atom is -0.381 e. The fourth-order valence-corrected chi connectivity index (χ4v) is 3.66. The molecule has 0 bridgehead atoms. The van der Waals surface area contributed by atoms with Crippen LogP contribution in [0.2, 0.25) is 0 Å². The normalized spacial score (nSPS) is 20.6. The van der Waals surface area contributed by atoms with E-state index in [1.165, 1.54) is 0 Å². The van der Waals surface area contributed by atoms with Crippen LogP contribution in [0.1, 0.15) is 39.0 Å². The molecule has 114 valence electrons. The van der Waals surface area contributed by atoms with Gasteiger partial charge >= 0.3 is 0 Å². The summed E-state index contributed by atoms with van der Waals surface area (Å²) in [5.41, 5.74) is 0. The molecule has 1 fully saturated rings. The van der Waals surface area contributed by atoms with E-state index in [1.54, 1.807) is 0 Å². The number of unbranched alkanes of at least 4 members (excludes halogenated alkanes) is 1. The Bertz CT molecular complexity index is 314. The molecule has 5 nitrogen and oxygen atoms in total. The molecule has 1 heterocycles. The van der Waals surface area contributed by atoms with Gasteiger partial charge in [0.2, 0.25) is 10.0 Å². The van der Waals surface area contributed by atoms with Gasteiger partial charge in [-0.1, -0.05) is 13.3 Å². The zero-order chi connectivity index (χ0) is 14.0. The molecule has 0 amide bonds. The lowest BCUT2D eigenvalue weighted by Gasteiger charge is -2.22. The van der Waals surface area contributed by atoms with Gasteiger partial charge in [0.15, 0.2) is 0 Å². The predicted molar refractivity (Wildman–Crippen MR) is 77.7 cm³/mol. The number of piperidine rings is 1. The van der Waals surface area contributed by atoms with Crippen molar-refractivity contribution in [3.05, 3.63) is 0 Å². The smallest absolute Gasteiger partial charge is 0.211 e. The molecule has 1 aliphatic rings. The van der Waals surface area contributed by atoms with Gasteiger partial charge in [0.1, 0.15) is 0 Å². The maximum atomic E-state index is 11.9. The van der Waals surface area contributed by atoms with Crippen molar-refractivity contribution in [3.63, 3.8) is 0 Å². The molecule has 0 saturated carbocycles. The SMILES string of the molecule is CCCCOCCCNS(=O)(=O)CC1CCCNC1. The highest BCUT2D eigenvalue weighted by Crippen LogP contribution is 2.11. The monoisotopic (exact) mass is 292 g/mol. The highest BCUT2D eigenvalue weighted by Gasteiger charge is 2.20. The molecule has 2 N–H and O–H groups in total. The molecule has 1 rings (SSSR count). The Labute approximate surface area is 117 Å². The maximum absolute atomic E-state index is 11.9. The molecule has 0 radical (unpaired) electrons. The van der Waals surface area contributed by atoms with E-state index in [0.29, 0.717) is 13.2 Å². The van der Waals surface area contributed by atoms with Gasteiger partial charge in [-0.05, 0) is 44.7 Å². The van der Waals surface area contributed by atoms with Crippen LogP contribution in [0.4, 0.5) is 0 Å². The van der Waals surface area contributed by atoms with Crippen molar-refractivity contribution < 1.29 is 13.2 Å². The van der Waals surface area contributed by atoms with Crippen LogP contribution in [0.3, 0.4) is 0 Å². The molecule has 1 aliphatic heterocycles. The first kappa shape index (κ1) is 16.9. The van der Waals surface area contributed by atoms with Crippen LogP contribution in [0, 0.1) is 5.92 Å². The van der Waals surface area contributed by atoms with Crippen molar-refractivity contribution >= 4 is 10.0 Å². The Kier molecular flexibility index (Phi) is 8.61. The van der Waals surface area contributed by atoms with E-state index in [-0.39, 0.29) is 11.7 Å². The Balaban J connectivity index is 2.06. The molecule has 0 aliphatic carbocycles. The van der Waals surface area contributed by atoms with Gasteiger partial charge in [-0.2, -0.15) is 0 Å². The summed E-state index contributed by atoms with van der Waals surface area (Å²) in [5.74, 6) is 0.503. The topological polar surface area (TPSA) is 67.4 Å². The highest BCUT2D eigenvalue weighted by molar-refractivity contribution is 7.89. The molecule has 0 aromatic heterocycles. The summed E-state index contributed by atoms with van der Waals surface area (Å²) in [4.78, 5) is 0. The Morgan fingerprint density at radius 1 is 1.32 bits per heavy atom. The summed E-state index contributed by atoms with van der Waals surface area (Å²) >= 11 is 0. The van der Waals surface area contributed by atoms with E-state index >= 15 is 0 Å². The zero-order valence-corrected chi connectivity index (χ0v) is 12.8. The molecule has 0 aromatic carbocycles. The molecular formula is C13H28N2O3S. The third-order valence-corrected chi connectivity index (χ3v) is 4.84. The summed E-state index contributed by atoms with van der Waals surface area (Å²) in [6, 6.07) is 0. The second-order valence-corrected chi connectivity index (χ2v) is 7.06. The van der Waals surface area contributed by atoms with Gasteiger partial charge in [0.25, 0.3) is 0 Å². The minimum absolute atomic E-state index is 0.247. The van der Waals surface area contributed by atoms with E-state index in [4.69, 9.17) is 4.74 Å². The number of rotatable bonds is 10. The lowest BCUT2D eigenvalue weighted by molar-refractivity contribution is 0.130. The van der Waals surface area contributed by atoms with Crippen molar-refractivity contribution in [3.8, 4) is 0 Å². The van der Waals surface area contributed by atoms with Crippen molar-refractivity contribution in [1.29, 1.82) is 0 Å². The third-order valence-electron chi connectivity index (χ3n) is 3.28. The lowest BCUT2D eigenvalue weighted by Crippen LogP contribution is -2.38. The molecule has 0 aromatic rings. The fraction of sp³-hybridized carbons (Fsp3) is 1.00. The van der Waals surface area contributed by atoms with Crippen LogP contribution in [-0.2, 0) is 14.8 Å². The van der Waals surface area contributed by atoms with Crippen LogP contribution in [0.25, 0.3) is 0 Å². The number of ether oxygens (including phenoxy) is 1. The Morgan fingerprint density at radius 3 is 2.79 bits per heavy atom. The van der Waals surface area contributed by atoms with Gasteiger partial charge in [0.05, 0.1) is 5.75 Å². The number of hydrogen-bond donors (Lipinski definition) is 2. The second-order valence-electron chi connectivity index (χ2n) is 5.21. The first-order valence-electron chi connectivity index (χ1n) is 7.40. The van der Waals surface area contributed by atoms with Gasteiger partial charge in [0, 0.05) is 19.8 Å². The fourth-order valence-electron chi connectivity index (χ4n) is 2.19. The quantitative estimate of drug-likeness (QED) is 0.592. The molecule has 19 heavy (non-hydrogen) atoms. The molecule has 1 unspecified atom stereocenters. The third kappa shape index (κ3) is 8.57. The van der Waals surface area contributed by atoms with Crippen LogP contribution in [0.15, 0.2) is 0 Å². The average molecular weight is 292 g/mol. The van der Waals surface area contributed by atoms with Gasteiger partial charge < -0.3 is 10.1 Å². The summed E-state index contributed by atoms with van der Waals surface area (Å²) in [6.07, 6.45) is 5.02. The van der Waals surface area contributed by atoms with Crippen LogP contribution in [-0.4, -0.2) is 47.0 Å². The average Bonchev–Trinajstić information content (AvgIpc) is 2.38. The number of sulfonamides is 1. The first-order chi connectivity index (χ1) is 9.14. The van der Waals surface area contributed by atoms with Crippen molar-refractivity contribution in [2.24, 2.45) is 5.92 Å². The largest absolute Gasteiger partial charge is 0.381 e. The summed E-state index contributed by atoms with van der Waals surface area (Å²) < 4.78 is 31.8. The van der Waals surface area contributed by atoms with E-state index in [2.05, 4.69) is 17.0 Å². The number of nitrogens with one attached hydrogen (secondary N) is 2. The summed E-state index contributed by atoms with van der Waals surface area (Å²) in [6.45, 7) is 5.84. The van der Waals surface area contributed by atoms with Crippen LogP contribution in [0.5, 0.6) is 0 Å². The Morgan fingerprint density at radius 2 is 2.11 bits per heavy atom. The lowest BCUT2D eigenvalue weighted by atomic mass is 10.0. The van der Waals surface area contributed by atoms with E-state index in [9.17, 15) is 8.42 Å². The highest BCUT2D eigenvalue weighted by atomic mass is 32.2. The zero-order valence-electron chi connectivity index (χ0n) is 12.0. The van der Waals surface area contributed by atoms with Crippen molar-refractivity contribution in [2.45, 2.75) is 39.0 Å². The maximum Gasteiger partial charge on any atom is 0.211 e. The van der Waals surface area contributed by atoms with E-state index in [0.717, 1.165) is 51.8 Å².